The predicted octanol–water partition coefficient (Wildman–Crippen LogP) is 1.89. The number of hydrogen-bond acceptors (Lipinski definition) is 3. The van der Waals surface area contributed by atoms with Gasteiger partial charge in [0.1, 0.15) is 0 Å². The summed E-state index contributed by atoms with van der Waals surface area (Å²) >= 11 is 5.86. The van der Waals surface area contributed by atoms with Crippen LogP contribution >= 0.6 is 11.6 Å². The summed E-state index contributed by atoms with van der Waals surface area (Å²) in [6.07, 6.45) is 3.67. The van der Waals surface area contributed by atoms with Crippen LogP contribution in [0.3, 0.4) is 0 Å². The number of carbonyl (C=O) groups is 2. The van der Waals surface area contributed by atoms with Crippen molar-refractivity contribution < 1.29 is 9.59 Å². The first-order valence-electron chi connectivity index (χ1n) is 8.16. The van der Waals surface area contributed by atoms with Gasteiger partial charge < -0.3 is 10.6 Å². The van der Waals surface area contributed by atoms with Gasteiger partial charge in [0.05, 0.1) is 6.04 Å². The summed E-state index contributed by atoms with van der Waals surface area (Å²) in [5.74, 6) is -0.171. The maximum Gasteiger partial charge on any atom is 0.253 e. The normalized spacial score (nSPS) is 23.2. The second kappa shape index (κ2) is 6.89. The van der Waals surface area contributed by atoms with Gasteiger partial charge in [-0.05, 0) is 56.5 Å². The molecule has 0 bridgehead atoms. The first-order chi connectivity index (χ1) is 11.1. The number of carbonyl (C=O) groups excluding carboxylic acids is 2. The van der Waals surface area contributed by atoms with E-state index in [2.05, 4.69) is 4.90 Å². The van der Waals surface area contributed by atoms with Gasteiger partial charge in [0.15, 0.2) is 0 Å². The van der Waals surface area contributed by atoms with E-state index < -0.39 is 0 Å². The minimum atomic E-state index is -0.220. The first-order valence-corrected chi connectivity index (χ1v) is 8.54. The van der Waals surface area contributed by atoms with E-state index in [0.29, 0.717) is 29.7 Å². The van der Waals surface area contributed by atoms with Crippen LogP contribution in [0.1, 0.15) is 36.0 Å². The topological polar surface area (TPSA) is 66.6 Å². The molecule has 0 radical (unpaired) electrons. The molecule has 3 rings (SSSR count). The lowest BCUT2D eigenvalue weighted by molar-refractivity contribution is -0.123. The Bertz CT molecular complexity index is 582. The highest BCUT2D eigenvalue weighted by molar-refractivity contribution is 6.30. The SMILES string of the molecule is NC(=O)C1CCCN1C1CCN(C(=O)c2ccc(Cl)cc2)CC1. The number of nitrogens with zero attached hydrogens (tertiary/aromatic N) is 2. The second-order valence-corrected chi connectivity index (χ2v) is 6.76. The van der Waals surface area contributed by atoms with E-state index >= 15 is 0 Å². The highest BCUT2D eigenvalue weighted by Gasteiger charge is 2.36. The van der Waals surface area contributed by atoms with Crippen molar-refractivity contribution in [3.05, 3.63) is 34.9 Å². The minimum absolute atomic E-state index is 0.0491. The van der Waals surface area contributed by atoms with Crippen LogP contribution < -0.4 is 5.73 Å². The highest BCUT2D eigenvalue weighted by Crippen LogP contribution is 2.26. The van der Waals surface area contributed by atoms with Crippen LogP contribution in [0.25, 0.3) is 0 Å². The molecule has 1 atom stereocenters. The Balaban J connectivity index is 1.59. The summed E-state index contributed by atoms with van der Waals surface area (Å²) in [5, 5.41) is 0.631. The Kier molecular flexibility index (Phi) is 4.87. The van der Waals surface area contributed by atoms with E-state index in [1.165, 1.54) is 0 Å². The van der Waals surface area contributed by atoms with Crippen molar-refractivity contribution in [2.24, 2.45) is 5.73 Å². The third kappa shape index (κ3) is 3.51. The Morgan fingerprint density at radius 1 is 1.04 bits per heavy atom. The summed E-state index contributed by atoms with van der Waals surface area (Å²) in [6, 6.07) is 7.23. The fourth-order valence-electron chi connectivity index (χ4n) is 3.71. The van der Waals surface area contributed by atoms with Gasteiger partial charge in [-0.1, -0.05) is 11.6 Å². The molecule has 2 aliphatic heterocycles. The van der Waals surface area contributed by atoms with Crippen LogP contribution in [-0.4, -0.2) is 53.3 Å². The van der Waals surface area contributed by atoms with Crippen molar-refractivity contribution in [2.75, 3.05) is 19.6 Å². The van der Waals surface area contributed by atoms with Crippen LogP contribution in [0.4, 0.5) is 0 Å². The zero-order chi connectivity index (χ0) is 16.4. The van der Waals surface area contributed by atoms with Gasteiger partial charge in [0.25, 0.3) is 5.91 Å². The van der Waals surface area contributed by atoms with Gasteiger partial charge in [0.2, 0.25) is 5.91 Å². The number of primary amides is 1. The Morgan fingerprint density at radius 2 is 1.70 bits per heavy atom. The molecule has 2 saturated heterocycles. The maximum absolute atomic E-state index is 12.5. The molecule has 23 heavy (non-hydrogen) atoms. The lowest BCUT2D eigenvalue weighted by atomic mass is 10.0. The number of rotatable bonds is 3. The van der Waals surface area contributed by atoms with Crippen LogP contribution in [0.15, 0.2) is 24.3 Å². The molecular formula is C17H22ClN3O2. The van der Waals surface area contributed by atoms with Crippen LogP contribution in [-0.2, 0) is 4.79 Å². The van der Waals surface area contributed by atoms with Gasteiger partial charge in [-0.2, -0.15) is 0 Å². The van der Waals surface area contributed by atoms with Crippen molar-refractivity contribution in [1.82, 2.24) is 9.80 Å². The van der Waals surface area contributed by atoms with Gasteiger partial charge >= 0.3 is 0 Å². The molecule has 0 saturated carbocycles. The number of halogens is 1. The number of hydrogen-bond donors (Lipinski definition) is 1. The fourth-order valence-corrected chi connectivity index (χ4v) is 3.83. The molecule has 0 aliphatic carbocycles. The molecular weight excluding hydrogens is 314 g/mol. The third-order valence-electron chi connectivity index (χ3n) is 4.93. The van der Waals surface area contributed by atoms with Crippen molar-refractivity contribution in [2.45, 2.75) is 37.8 Å². The van der Waals surface area contributed by atoms with Gasteiger partial charge in [0, 0.05) is 29.7 Å². The van der Waals surface area contributed by atoms with Gasteiger partial charge in [-0.25, -0.2) is 0 Å². The number of benzene rings is 1. The largest absolute Gasteiger partial charge is 0.368 e. The van der Waals surface area contributed by atoms with Crippen LogP contribution in [0, 0.1) is 0 Å². The van der Waals surface area contributed by atoms with Crippen LogP contribution in [0.5, 0.6) is 0 Å². The summed E-state index contributed by atoms with van der Waals surface area (Å²) in [7, 11) is 0. The van der Waals surface area contributed by atoms with Crippen molar-refractivity contribution in [3.8, 4) is 0 Å². The lowest BCUT2D eigenvalue weighted by Crippen LogP contribution is -2.51. The standard InChI is InChI=1S/C17H22ClN3O2/c18-13-5-3-12(4-6-13)17(23)20-10-7-14(8-11-20)21-9-1-2-15(21)16(19)22/h3-6,14-15H,1-2,7-11H2,(H2,19,22). The molecule has 1 unspecified atom stereocenters. The Hall–Kier alpha value is -1.59. The fraction of sp³-hybridized carbons (Fsp3) is 0.529. The Morgan fingerprint density at radius 3 is 2.30 bits per heavy atom. The molecule has 1 aromatic carbocycles. The summed E-state index contributed by atoms with van der Waals surface area (Å²) in [5.41, 5.74) is 6.17. The van der Waals surface area contributed by atoms with E-state index in [1.54, 1.807) is 24.3 Å². The number of piperidine rings is 1. The summed E-state index contributed by atoms with van der Waals surface area (Å²) < 4.78 is 0. The second-order valence-electron chi connectivity index (χ2n) is 6.33. The summed E-state index contributed by atoms with van der Waals surface area (Å²) in [6.45, 7) is 2.37. The minimum Gasteiger partial charge on any atom is -0.368 e. The quantitative estimate of drug-likeness (QED) is 0.917. The van der Waals surface area contributed by atoms with Gasteiger partial charge in [-0.15, -0.1) is 0 Å². The van der Waals surface area contributed by atoms with Crippen molar-refractivity contribution in [1.29, 1.82) is 0 Å². The average molecular weight is 336 g/mol. The van der Waals surface area contributed by atoms with E-state index in [4.69, 9.17) is 17.3 Å². The molecule has 5 nitrogen and oxygen atoms in total. The van der Waals surface area contributed by atoms with E-state index in [1.807, 2.05) is 4.90 Å². The van der Waals surface area contributed by atoms with E-state index in [9.17, 15) is 9.59 Å². The Labute approximate surface area is 141 Å². The molecule has 0 spiro atoms. The molecule has 0 aromatic heterocycles. The monoisotopic (exact) mass is 335 g/mol. The predicted molar refractivity (Wildman–Crippen MR) is 89.3 cm³/mol. The zero-order valence-electron chi connectivity index (χ0n) is 13.1. The number of nitrogens with two attached hydrogens (primary N) is 1. The van der Waals surface area contributed by atoms with Gasteiger partial charge in [-0.3, -0.25) is 14.5 Å². The maximum atomic E-state index is 12.5. The summed E-state index contributed by atoms with van der Waals surface area (Å²) in [4.78, 5) is 28.2. The highest BCUT2D eigenvalue weighted by atomic mass is 35.5. The zero-order valence-corrected chi connectivity index (χ0v) is 13.8. The molecule has 2 fully saturated rings. The van der Waals surface area contributed by atoms with E-state index in [0.717, 1.165) is 32.2 Å². The molecule has 2 aliphatic rings. The number of likely N-dealkylation sites (tertiary alicyclic amines) is 2. The van der Waals surface area contributed by atoms with Crippen molar-refractivity contribution >= 4 is 23.4 Å². The third-order valence-corrected chi connectivity index (χ3v) is 5.19. The molecule has 1 aromatic rings. The molecule has 2 heterocycles. The number of amides is 2. The first kappa shape index (κ1) is 16.3. The smallest absolute Gasteiger partial charge is 0.253 e. The molecule has 124 valence electrons. The molecule has 2 N–H and O–H groups in total. The van der Waals surface area contributed by atoms with Crippen molar-refractivity contribution in [3.63, 3.8) is 0 Å². The molecule has 2 amide bonds. The van der Waals surface area contributed by atoms with Crippen LogP contribution in [0.2, 0.25) is 5.02 Å². The lowest BCUT2D eigenvalue weighted by Gasteiger charge is -2.38. The molecule has 6 heteroatoms. The average Bonchev–Trinajstić information content (AvgIpc) is 3.05. The van der Waals surface area contributed by atoms with E-state index in [-0.39, 0.29) is 17.9 Å².